The van der Waals surface area contributed by atoms with Crippen molar-refractivity contribution in [3.05, 3.63) is 24.0 Å². The molecule has 1 heterocycles. The Balaban J connectivity index is 2.51. The Morgan fingerprint density at radius 2 is 1.90 bits per heavy atom. The molecular weight excluding hydrogens is 284 g/mol. The molecule has 0 saturated heterocycles. The molecule has 2 rings (SSSR count). The maximum atomic E-state index is 6.33. The molecule has 0 bridgehead atoms. The van der Waals surface area contributed by atoms with Gasteiger partial charge in [0, 0.05) is 6.54 Å². The summed E-state index contributed by atoms with van der Waals surface area (Å²) >= 11 is 6.33. The van der Waals surface area contributed by atoms with Crippen LogP contribution in [0.3, 0.4) is 0 Å². The smallest absolute Gasteiger partial charge is 0.147 e. The lowest BCUT2D eigenvalue weighted by Gasteiger charge is -2.12. The molecule has 1 aromatic carbocycles. The third-order valence-corrected chi connectivity index (χ3v) is 3.62. The van der Waals surface area contributed by atoms with Gasteiger partial charge in [-0.25, -0.2) is 4.98 Å². The van der Waals surface area contributed by atoms with Crippen molar-refractivity contribution in [2.24, 2.45) is 5.92 Å². The third-order valence-electron chi connectivity index (χ3n) is 3.42. The van der Waals surface area contributed by atoms with Gasteiger partial charge in [-0.05, 0) is 45.2 Å². The summed E-state index contributed by atoms with van der Waals surface area (Å²) in [5.41, 5.74) is 2.02. The number of ether oxygens (including phenoxy) is 1. The van der Waals surface area contributed by atoms with Crippen LogP contribution >= 0.6 is 11.6 Å². The molecule has 0 radical (unpaired) electrons. The zero-order valence-electron chi connectivity index (χ0n) is 13.6. The molecule has 0 aliphatic rings. The first kappa shape index (κ1) is 16.2. The number of aryl methyl sites for hydroxylation is 1. The maximum absolute atomic E-state index is 6.33. The van der Waals surface area contributed by atoms with Crippen molar-refractivity contribution in [1.82, 2.24) is 9.55 Å². The van der Waals surface area contributed by atoms with Gasteiger partial charge in [0.15, 0.2) is 0 Å². The standard InChI is InChI=1S/C17H25ClN2O/c1-11(2)9-10-20-14-7-6-8-15(21-12(3)4)16(14)19-17(20)13(5)18/h6-8,11-13H,9-10H2,1-5H3. The average Bonchev–Trinajstić information content (AvgIpc) is 2.75. The Morgan fingerprint density at radius 3 is 2.48 bits per heavy atom. The summed E-state index contributed by atoms with van der Waals surface area (Å²) in [6.07, 6.45) is 1.24. The molecule has 0 N–H and O–H groups in total. The SMILES string of the molecule is CC(C)CCn1c(C(C)Cl)nc2c(OC(C)C)cccc21. The van der Waals surface area contributed by atoms with Crippen LogP contribution in [-0.2, 0) is 6.54 Å². The van der Waals surface area contributed by atoms with E-state index in [-0.39, 0.29) is 11.5 Å². The van der Waals surface area contributed by atoms with E-state index in [1.807, 2.05) is 32.9 Å². The summed E-state index contributed by atoms with van der Waals surface area (Å²) < 4.78 is 8.12. The summed E-state index contributed by atoms with van der Waals surface area (Å²) in [5.74, 6) is 2.41. The van der Waals surface area contributed by atoms with Crippen molar-refractivity contribution >= 4 is 22.6 Å². The maximum Gasteiger partial charge on any atom is 0.147 e. The molecular formula is C17H25ClN2O. The molecule has 1 aromatic heterocycles. The van der Waals surface area contributed by atoms with Crippen LogP contribution in [0.15, 0.2) is 18.2 Å². The number of hydrogen-bond donors (Lipinski definition) is 0. The summed E-state index contributed by atoms with van der Waals surface area (Å²) in [4.78, 5) is 4.75. The highest BCUT2D eigenvalue weighted by molar-refractivity contribution is 6.20. The van der Waals surface area contributed by atoms with E-state index in [0.29, 0.717) is 5.92 Å². The predicted octanol–water partition coefficient (Wildman–Crippen LogP) is 5.17. The van der Waals surface area contributed by atoms with Crippen molar-refractivity contribution in [2.75, 3.05) is 0 Å². The molecule has 0 saturated carbocycles. The van der Waals surface area contributed by atoms with Crippen LogP contribution in [0.2, 0.25) is 0 Å². The van der Waals surface area contributed by atoms with Gasteiger partial charge in [0.25, 0.3) is 0 Å². The third kappa shape index (κ3) is 3.70. The largest absolute Gasteiger partial charge is 0.489 e. The first-order valence-corrected chi connectivity index (χ1v) is 8.13. The predicted molar refractivity (Wildman–Crippen MR) is 89.2 cm³/mol. The second kappa shape index (κ2) is 6.69. The highest BCUT2D eigenvalue weighted by Gasteiger charge is 2.18. The number of fused-ring (bicyclic) bond motifs is 1. The van der Waals surface area contributed by atoms with Crippen LogP contribution < -0.4 is 4.74 Å². The fourth-order valence-electron chi connectivity index (χ4n) is 2.41. The van der Waals surface area contributed by atoms with Crippen molar-refractivity contribution in [3.8, 4) is 5.75 Å². The number of para-hydroxylation sites is 1. The molecule has 4 heteroatoms. The number of nitrogens with zero attached hydrogens (tertiary/aromatic N) is 2. The Kier molecular flexibility index (Phi) is 5.15. The van der Waals surface area contributed by atoms with E-state index in [4.69, 9.17) is 21.3 Å². The molecule has 116 valence electrons. The second-order valence-corrected chi connectivity index (χ2v) is 6.87. The normalized spacial score (nSPS) is 13.3. The van der Waals surface area contributed by atoms with Gasteiger partial charge < -0.3 is 9.30 Å². The minimum atomic E-state index is -0.114. The van der Waals surface area contributed by atoms with Gasteiger partial charge in [-0.2, -0.15) is 0 Å². The topological polar surface area (TPSA) is 27.1 Å². The number of alkyl halides is 1. The van der Waals surface area contributed by atoms with Crippen LogP contribution in [0.1, 0.15) is 52.2 Å². The Hall–Kier alpha value is -1.22. The van der Waals surface area contributed by atoms with Crippen molar-refractivity contribution in [1.29, 1.82) is 0 Å². The highest BCUT2D eigenvalue weighted by atomic mass is 35.5. The number of hydrogen-bond acceptors (Lipinski definition) is 2. The van der Waals surface area contributed by atoms with E-state index in [0.717, 1.165) is 35.6 Å². The van der Waals surface area contributed by atoms with E-state index in [1.165, 1.54) is 0 Å². The van der Waals surface area contributed by atoms with Crippen molar-refractivity contribution < 1.29 is 4.74 Å². The van der Waals surface area contributed by atoms with Gasteiger partial charge in [-0.15, -0.1) is 11.6 Å². The molecule has 0 fully saturated rings. The minimum Gasteiger partial charge on any atom is -0.489 e. The van der Waals surface area contributed by atoms with Crippen LogP contribution in [-0.4, -0.2) is 15.7 Å². The molecule has 0 amide bonds. The van der Waals surface area contributed by atoms with E-state index in [1.54, 1.807) is 0 Å². The molecule has 21 heavy (non-hydrogen) atoms. The molecule has 0 aliphatic heterocycles. The summed E-state index contributed by atoms with van der Waals surface area (Å²) in [6.45, 7) is 11.4. The Bertz CT molecular complexity index is 602. The van der Waals surface area contributed by atoms with Gasteiger partial charge in [-0.3, -0.25) is 0 Å². The van der Waals surface area contributed by atoms with E-state index >= 15 is 0 Å². The first-order chi connectivity index (χ1) is 9.90. The van der Waals surface area contributed by atoms with E-state index < -0.39 is 0 Å². The van der Waals surface area contributed by atoms with Crippen LogP contribution in [0.25, 0.3) is 11.0 Å². The number of rotatable bonds is 6. The van der Waals surface area contributed by atoms with Crippen LogP contribution in [0.5, 0.6) is 5.75 Å². The van der Waals surface area contributed by atoms with Crippen LogP contribution in [0.4, 0.5) is 0 Å². The number of benzene rings is 1. The summed E-state index contributed by atoms with van der Waals surface area (Å²) in [5, 5.41) is -0.114. The average molecular weight is 309 g/mol. The second-order valence-electron chi connectivity index (χ2n) is 6.21. The highest BCUT2D eigenvalue weighted by Crippen LogP contribution is 2.31. The first-order valence-electron chi connectivity index (χ1n) is 7.70. The molecule has 2 aromatic rings. The van der Waals surface area contributed by atoms with Crippen LogP contribution in [0, 0.1) is 5.92 Å². The number of imidazole rings is 1. The lowest BCUT2D eigenvalue weighted by molar-refractivity contribution is 0.245. The van der Waals surface area contributed by atoms with Gasteiger partial charge >= 0.3 is 0 Å². The van der Waals surface area contributed by atoms with Gasteiger partial charge in [0.05, 0.1) is 17.0 Å². The molecule has 0 spiro atoms. The fraction of sp³-hybridized carbons (Fsp3) is 0.588. The van der Waals surface area contributed by atoms with Gasteiger partial charge in [0.1, 0.15) is 17.1 Å². The molecule has 3 nitrogen and oxygen atoms in total. The van der Waals surface area contributed by atoms with E-state index in [2.05, 4.69) is 24.5 Å². The van der Waals surface area contributed by atoms with Gasteiger partial charge in [0.2, 0.25) is 0 Å². The monoisotopic (exact) mass is 308 g/mol. The Labute approximate surface area is 132 Å². The van der Waals surface area contributed by atoms with Crippen molar-refractivity contribution in [3.63, 3.8) is 0 Å². The summed E-state index contributed by atoms with van der Waals surface area (Å²) in [7, 11) is 0. The lowest BCUT2D eigenvalue weighted by Crippen LogP contribution is -2.07. The fourth-order valence-corrected chi connectivity index (χ4v) is 2.58. The lowest BCUT2D eigenvalue weighted by atomic mass is 10.1. The summed E-state index contributed by atoms with van der Waals surface area (Å²) in [6, 6.07) is 6.10. The Morgan fingerprint density at radius 1 is 1.19 bits per heavy atom. The number of aromatic nitrogens is 2. The van der Waals surface area contributed by atoms with Gasteiger partial charge in [-0.1, -0.05) is 19.9 Å². The molecule has 1 unspecified atom stereocenters. The minimum absolute atomic E-state index is 0.114. The number of halogens is 1. The molecule has 0 aliphatic carbocycles. The zero-order chi connectivity index (χ0) is 15.6. The zero-order valence-corrected chi connectivity index (χ0v) is 14.3. The molecule has 1 atom stereocenters. The van der Waals surface area contributed by atoms with Crippen molar-refractivity contribution in [2.45, 2.75) is 59.1 Å². The quantitative estimate of drug-likeness (QED) is 0.688. The van der Waals surface area contributed by atoms with E-state index in [9.17, 15) is 0 Å².